The van der Waals surface area contributed by atoms with Crippen molar-refractivity contribution in [3.63, 3.8) is 0 Å². The first kappa shape index (κ1) is 9.72. The summed E-state index contributed by atoms with van der Waals surface area (Å²) in [6.07, 6.45) is 5.03. The number of aromatic nitrogens is 1. The Labute approximate surface area is 89.7 Å². The molecule has 0 unspecified atom stereocenters. The second kappa shape index (κ2) is 4.14. The van der Waals surface area contributed by atoms with Crippen LogP contribution in [0, 0.1) is 11.3 Å². The van der Waals surface area contributed by atoms with Crippen molar-refractivity contribution in [1.29, 1.82) is 5.26 Å². The van der Waals surface area contributed by atoms with Gasteiger partial charge in [-0.3, -0.25) is 0 Å². The first-order valence-corrected chi connectivity index (χ1v) is 5.06. The molecule has 0 saturated carbocycles. The van der Waals surface area contributed by atoms with Gasteiger partial charge in [-0.2, -0.15) is 5.26 Å². The van der Waals surface area contributed by atoms with Crippen LogP contribution in [-0.4, -0.2) is 18.1 Å². The van der Waals surface area contributed by atoms with Gasteiger partial charge in [0.2, 0.25) is 0 Å². The van der Waals surface area contributed by atoms with Crippen LogP contribution >= 0.6 is 0 Å². The molecule has 2 rings (SSSR count). The van der Waals surface area contributed by atoms with E-state index in [4.69, 9.17) is 5.26 Å². The number of anilines is 1. The molecule has 2 heterocycles. The molecule has 15 heavy (non-hydrogen) atoms. The van der Waals surface area contributed by atoms with Gasteiger partial charge in [0.1, 0.15) is 11.8 Å². The number of pyridine rings is 1. The topological polar surface area (TPSA) is 39.9 Å². The Hall–Kier alpha value is -1.82. The molecule has 3 nitrogen and oxygen atoms in total. The molecular formula is C12H13N3. The fraction of sp³-hybridized carbons (Fsp3) is 0.333. The van der Waals surface area contributed by atoms with Crippen LogP contribution in [0.5, 0.6) is 0 Å². The predicted molar refractivity (Wildman–Crippen MR) is 59.5 cm³/mol. The van der Waals surface area contributed by atoms with Crippen molar-refractivity contribution in [1.82, 2.24) is 4.98 Å². The molecule has 0 bridgehead atoms. The molecule has 0 radical (unpaired) electrons. The number of hydrogen-bond acceptors (Lipinski definition) is 3. The lowest BCUT2D eigenvalue weighted by Gasteiger charge is -2.27. The van der Waals surface area contributed by atoms with Gasteiger partial charge in [-0.05, 0) is 25.5 Å². The van der Waals surface area contributed by atoms with Crippen LogP contribution in [0.25, 0.3) is 0 Å². The Kier molecular flexibility index (Phi) is 2.68. The molecule has 0 aromatic carbocycles. The highest BCUT2D eigenvalue weighted by Gasteiger charge is 2.10. The molecule has 1 aromatic rings. The molecular weight excluding hydrogens is 186 g/mol. The van der Waals surface area contributed by atoms with Gasteiger partial charge in [0.25, 0.3) is 0 Å². The summed E-state index contributed by atoms with van der Waals surface area (Å²) in [7, 11) is 0. The minimum atomic E-state index is 0.485. The van der Waals surface area contributed by atoms with E-state index < -0.39 is 0 Å². The smallest absolute Gasteiger partial charge is 0.142 e. The summed E-state index contributed by atoms with van der Waals surface area (Å²) in [6, 6.07) is 5.86. The summed E-state index contributed by atoms with van der Waals surface area (Å²) in [5, 5.41) is 8.76. The van der Waals surface area contributed by atoms with Crippen molar-refractivity contribution < 1.29 is 0 Å². The zero-order valence-corrected chi connectivity index (χ0v) is 8.77. The van der Waals surface area contributed by atoms with Crippen molar-refractivity contribution in [2.24, 2.45) is 0 Å². The number of hydrogen-bond donors (Lipinski definition) is 0. The van der Waals surface area contributed by atoms with Gasteiger partial charge in [0, 0.05) is 25.0 Å². The largest absolute Gasteiger partial charge is 0.367 e. The third kappa shape index (κ3) is 2.16. The van der Waals surface area contributed by atoms with Crippen molar-refractivity contribution >= 4 is 5.69 Å². The summed E-state index contributed by atoms with van der Waals surface area (Å²) in [5.41, 5.74) is 3.02. The average Bonchev–Trinajstić information content (AvgIpc) is 2.30. The van der Waals surface area contributed by atoms with E-state index in [0.717, 1.165) is 25.2 Å². The normalized spacial score (nSPS) is 15.7. The zero-order chi connectivity index (χ0) is 10.7. The highest BCUT2D eigenvalue weighted by molar-refractivity contribution is 5.50. The van der Waals surface area contributed by atoms with Crippen LogP contribution in [0.1, 0.15) is 19.0 Å². The van der Waals surface area contributed by atoms with Gasteiger partial charge >= 0.3 is 0 Å². The molecule has 1 aliphatic rings. The molecule has 0 spiro atoms. The van der Waals surface area contributed by atoms with Crippen molar-refractivity contribution in [3.8, 4) is 6.07 Å². The standard InChI is InChI=1S/C12H13N3/c1-10-3-6-15(7-4-10)12-2-5-14-11(8-12)9-13/h2-3,5,8H,4,6-7H2,1H3. The third-order valence-corrected chi connectivity index (χ3v) is 2.66. The van der Waals surface area contributed by atoms with Gasteiger partial charge in [-0.1, -0.05) is 11.6 Å². The Balaban J connectivity index is 2.20. The first-order chi connectivity index (χ1) is 7.29. The lowest BCUT2D eigenvalue weighted by atomic mass is 10.1. The first-order valence-electron chi connectivity index (χ1n) is 5.06. The van der Waals surface area contributed by atoms with E-state index in [1.165, 1.54) is 5.57 Å². The summed E-state index contributed by atoms with van der Waals surface area (Å²) in [5.74, 6) is 0. The van der Waals surface area contributed by atoms with E-state index >= 15 is 0 Å². The summed E-state index contributed by atoms with van der Waals surface area (Å²) < 4.78 is 0. The van der Waals surface area contributed by atoms with Gasteiger partial charge < -0.3 is 4.90 Å². The monoisotopic (exact) mass is 199 g/mol. The van der Waals surface area contributed by atoms with E-state index in [1.54, 1.807) is 6.20 Å². The molecule has 0 atom stereocenters. The minimum Gasteiger partial charge on any atom is -0.367 e. The Morgan fingerprint density at radius 1 is 1.53 bits per heavy atom. The van der Waals surface area contributed by atoms with E-state index in [1.807, 2.05) is 12.1 Å². The van der Waals surface area contributed by atoms with Crippen molar-refractivity contribution in [3.05, 3.63) is 35.7 Å². The van der Waals surface area contributed by atoms with Crippen LogP contribution < -0.4 is 4.90 Å². The predicted octanol–water partition coefficient (Wildman–Crippen LogP) is 2.11. The van der Waals surface area contributed by atoms with E-state index in [0.29, 0.717) is 5.69 Å². The summed E-state index contributed by atoms with van der Waals surface area (Å²) >= 11 is 0. The molecule has 3 heteroatoms. The van der Waals surface area contributed by atoms with Gasteiger partial charge in [-0.15, -0.1) is 0 Å². The van der Waals surface area contributed by atoms with E-state index in [-0.39, 0.29) is 0 Å². The maximum atomic E-state index is 8.76. The van der Waals surface area contributed by atoms with Crippen molar-refractivity contribution in [2.75, 3.05) is 18.0 Å². The summed E-state index contributed by atoms with van der Waals surface area (Å²) in [4.78, 5) is 6.22. The van der Waals surface area contributed by atoms with Gasteiger partial charge in [0.05, 0.1) is 0 Å². The Bertz CT molecular complexity index is 429. The van der Waals surface area contributed by atoms with Crippen LogP contribution in [0.2, 0.25) is 0 Å². The molecule has 0 saturated heterocycles. The van der Waals surface area contributed by atoms with Gasteiger partial charge in [-0.25, -0.2) is 4.98 Å². The minimum absolute atomic E-state index is 0.485. The molecule has 0 amide bonds. The Morgan fingerprint density at radius 3 is 3.07 bits per heavy atom. The molecule has 1 aromatic heterocycles. The van der Waals surface area contributed by atoms with Gasteiger partial charge in [0.15, 0.2) is 0 Å². The fourth-order valence-electron chi connectivity index (χ4n) is 1.68. The van der Waals surface area contributed by atoms with E-state index in [9.17, 15) is 0 Å². The lowest BCUT2D eigenvalue weighted by Crippen LogP contribution is -2.28. The Morgan fingerprint density at radius 2 is 2.40 bits per heavy atom. The molecule has 0 aliphatic carbocycles. The van der Waals surface area contributed by atoms with Crippen LogP contribution in [-0.2, 0) is 0 Å². The van der Waals surface area contributed by atoms with Crippen LogP contribution in [0.3, 0.4) is 0 Å². The van der Waals surface area contributed by atoms with Crippen molar-refractivity contribution in [2.45, 2.75) is 13.3 Å². The molecule has 76 valence electrons. The quantitative estimate of drug-likeness (QED) is 0.650. The average molecular weight is 199 g/mol. The number of nitriles is 1. The van der Waals surface area contributed by atoms with E-state index in [2.05, 4.69) is 29.0 Å². The molecule has 0 fully saturated rings. The molecule has 1 aliphatic heterocycles. The highest BCUT2D eigenvalue weighted by atomic mass is 15.1. The van der Waals surface area contributed by atoms with Crippen LogP contribution in [0.15, 0.2) is 30.0 Å². The maximum Gasteiger partial charge on any atom is 0.142 e. The SMILES string of the molecule is CC1=CCN(c2ccnc(C#N)c2)CC1. The second-order valence-corrected chi connectivity index (χ2v) is 3.76. The summed E-state index contributed by atoms with van der Waals surface area (Å²) in [6.45, 7) is 4.11. The lowest BCUT2D eigenvalue weighted by molar-refractivity contribution is 0.787. The maximum absolute atomic E-state index is 8.76. The molecule has 0 N–H and O–H groups in total. The zero-order valence-electron chi connectivity index (χ0n) is 8.77. The fourth-order valence-corrected chi connectivity index (χ4v) is 1.68. The highest BCUT2D eigenvalue weighted by Crippen LogP contribution is 2.19. The number of nitrogens with zero attached hydrogens (tertiary/aromatic N) is 3. The van der Waals surface area contributed by atoms with Crippen LogP contribution in [0.4, 0.5) is 5.69 Å². The second-order valence-electron chi connectivity index (χ2n) is 3.76. The number of rotatable bonds is 1. The third-order valence-electron chi connectivity index (χ3n) is 2.66.